The standard InChI is InChI=1S/C14H15NO4/c1-3-18-13(17)8-15(2)14-10-6-4-5-7-11(10)19-12(14)9-16/h4-7,9H,3,8H2,1-2H3. The first-order valence-electron chi connectivity index (χ1n) is 6.00. The van der Waals surface area contributed by atoms with Gasteiger partial charge in [0.15, 0.2) is 12.0 Å². The highest BCUT2D eigenvalue weighted by atomic mass is 16.5. The summed E-state index contributed by atoms with van der Waals surface area (Å²) >= 11 is 0. The van der Waals surface area contributed by atoms with Gasteiger partial charge < -0.3 is 14.1 Å². The molecule has 2 aromatic rings. The Bertz CT molecular complexity index is 603. The molecule has 0 amide bonds. The van der Waals surface area contributed by atoms with Crippen LogP contribution in [-0.4, -0.2) is 32.5 Å². The van der Waals surface area contributed by atoms with Crippen molar-refractivity contribution < 1.29 is 18.7 Å². The van der Waals surface area contributed by atoms with E-state index in [1.165, 1.54) is 0 Å². The molecule has 0 bridgehead atoms. The first-order chi connectivity index (χ1) is 9.17. The highest BCUT2D eigenvalue weighted by Gasteiger charge is 2.19. The van der Waals surface area contributed by atoms with Gasteiger partial charge in [-0.25, -0.2) is 0 Å². The lowest BCUT2D eigenvalue weighted by molar-refractivity contribution is -0.141. The minimum atomic E-state index is -0.341. The van der Waals surface area contributed by atoms with E-state index in [9.17, 15) is 9.59 Å². The van der Waals surface area contributed by atoms with Crippen molar-refractivity contribution >= 4 is 28.9 Å². The second-order valence-electron chi connectivity index (χ2n) is 4.09. The van der Waals surface area contributed by atoms with Gasteiger partial charge in [0.05, 0.1) is 12.3 Å². The highest BCUT2D eigenvalue weighted by Crippen LogP contribution is 2.32. The van der Waals surface area contributed by atoms with Crippen molar-refractivity contribution in [1.82, 2.24) is 0 Å². The van der Waals surface area contributed by atoms with Crippen molar-refractivity contribution in [2.75, 3.05) is 25.1 Å². The number of likely N-dealkylation sites (N-methyl/N-ethyl adjacent to an activating group) is 1. The van der Waals surface area contributed by atoms with Crippen LogP contribution in [0.25, 0.3) is 11.0 Å². The number of benzene rings is 1. The van der Waals surface area contributed by atoms with Crippen LogP contribution in [-0.2, 0) is 9.53 Å². The SMILES string of the molecule is CCOC(=O)CN(C)c1c(C=O)oc2ccccc12. The van der Waals surface area contributed by atoms with E-state index in [1.54, 1.807) is 24.9 Å². The third-order valence-electron chi connectivity index (χ3n) is 2.76. The molecule has 5 heteroatoms. The molecule has 0 saturated heterocycles. The van der Waals surface area contributed by atoms with Crippen molar-refractivity contribution in [1.29, 1.82) is 0 Å². The van der Waals surface area contributed by atoms with Crippen LogP contribution in [0, 0.1) is 0 Å². The van der Waals surface area contributed by atoms with Gasteiger partial charge in [0.2, 0.25) is 0 Å². The van der Waals surface area contributed by atoms with Crippen LogP contribution in [0.5, 0.6) is 0 Å². The van der Waals surface area contributed by atoms with Gasteiger partial charge in [-0.3, -0.25) is 9.59 Å². The molecule has 0 fully saturated rings. The maximum Gasteiger partial charge on any atom is 0.325 e. The van der Waals surface area contributed by atoms with E-state index >= 15 is 0 Å². The average Bonchev–Trinajstić information content (AvgIpc) is 2.77. The number of hydrogen-bond donors (Lipinski definition) is 0. The zero-order valence-corrected chi connectivity index (χ0v) is 10.9. The summed E-state index contributed by atoms with van der Waals surface area (Å²) in [5, 5.41) is 0.802. The van der Waals surface area contributed by atoms with Crippen molar-refractivity contribution in [2.24, 2.45) is 0 Å². The molecular formula is C14H15NO4. The molecule has 0 saturated carbocycles. The lowest BCUT2D eigenvalue weighted by atomic mass is 10.2. The second kappa shape index (κ2) is 5.56. The number of para-hydroxylation sites is 1. The molecule has 5 nitrogen and oxygen atoms in total. The van der Waals surface area contributed by atoms with Gasteiger partial charge >= 0.3 is 5.97 Å². The summed E-state index contributed by atoms with van der Waals surface area (Å²) in [4.78, 5) is 24.2. The summed E-state index contributed by atoms with van der Waals surface area (Å²) in [5.74, 6) is -0.125. The third-order valence-corrected chi connectivity index (χ3v) is 2.76. The molecule has 0 atom stereocenters. The molecule has 100 valence electrons. The van der Waals surface area contributed by atoms with Gasteiger partial charge in [0.25, 0.3) is 0 Å². The van der Waals surface area contributed by atoms with Crippen LogP contribution in [0.3, 0.4) is 0 Å². The summed E-state index contributed by atoms with van der Waals surface area (Å²) in [6, 6.07) is 7.32. The quantitative estimate of drug-likeness (QED) is 0.610. The first-order valence-corrected chi connectivity index (χ1v) is 6.00. The fraction of sp³-hybridized carbons (Fsp3) is 0.286. The Kier molecular flexibility index (Phi) is 3.85. The zero-order valence-electron chi connectivity index (χ0n) is 10.9. The van der Waals surface area contributed by atoms with Crippen molar-refractivity contribution in [3.05, 3.63) is 30.0 Å². The van der Waals surface area contributed by atoms with E-state index in [4.69, 9.17) is 9.15 Å². The Morgan fingerprint density at radius 2 is 2.16 bits per heavy atom. The Hall–Kier alpha value is -2.30. The van der Waals surface area contributed by atoms with Gasteiger partial charge in [-0.15, -0.1) is 0 Å². The predicted molar refractivity (Wildman–Crippen MR) is 71.5 cm³/mol. The second-order valence-corrected chi connectivity index (χ2v) is 4.09. The largest absolute Gasteiger partial charge is 0.465 e. The van der Waals surface area contributed by atoms with Crippen molar-refractivity contribution in [2.45, 2.75) is 6.92 Å². The maximum absolute atomic E-state index is 11.5. The minimum absolute atomic E-state index is 0.0677. The van der Waals surface area contributed by atoms with E-state index in [1.807, 2.05) is 18.2 Å². The average molecular weight is 261 g/mol. The van der Waals surface area contributed by atoms with Crippen LogP contribution in [0.4, 0.5) is 5.69 Å². The molecule has 19 heavy (non-hydrogen) atoms. The number of carbonyl (C=O) groups excluding carboxylic acids is 2. The van der Waals surface area contributed by atoms with Gasteiger partial charge in [-0.1, -0.05) is 12.1 Å². The molecule has 1 heterocycles. The van der Waals surface area contributed by atoms with E-state index < -0.39 is 0 Å². The molecule has 1 aromatic heterocycles. The molecule has 1 aromatic carbocycles. The molecule has 0 aliphatic heterocycles. The van der Waals surface area contributed by atoms with Crippen LogP contribution >= 0.6 is 0 Å². The van der Waals surface area contributed by atoms with Crippen molar-refractivity contribution in [3.8, 4) is 0 Å². The number of fused-ring (bicyclic) bond motifs is 1. The minimum Gasteiger partial charge on any atom is -0.465 e. The Labute approximate surface area is 110 Å². The van der Waals surface area contributed by atoms with Gasteiger partial charge in [0, 0.05) is 12.4 Å². The fourth-order valence-electron chi connectivity index (χ4n) is 2.00. The summed E-state index contributed by atoms with van der Waals surface area (Å²) in [6.07, 6.45) is 0.650. The molecule has 0 aliphatic carbocycles. The Balaban J connectivity index is 2.37. The number of furan rings is 1. The molecule has 0 spiro atoms. The zero-order chi connectivity index (χ0) is 13.8. The summed E-state index contributed by atoms with van der Waals surface area (Å²) in [7, 11) is 1.72. The van der Waals surface area contributed by atoms with Gasteiger partial charge in [-0.05, 0) is 19.1 Å². The Morgan fingerprint density at radius 1 is 1.42 bits per heavy atom. The summed E-state index contributed by atoms with van der Waals surface area (Å²) < 4.78 is 10.3. The number of rotatable bonds is 5. The van der Waals surface area contributed by atoms with E-state index in [-0.39, 0.29) is 18.3 Å². The summed E-state index contributed by atoms with van der Waals surface area (Å²) in [6.45, 7) is 2.15. The topological polar surface area (TPSA) is 59.8 Å². The number of hydrogen-bond acceptors (Lipinski definition) is 5. The number of esters is 1. The van der Waals surface area contributed by atoms with Crippen LogP contribution in [0.2, 0.25) is 0 Å². The van der Waals surface area contributed by atoms with Gasteiger partial charge in [-0.2, -0.15) is 0 Å². The van der Waals surface area contributed by atoms with Crippen LogP contribution < -0.4 is 4.90 Å². The smallest absolute Gasteiger partial charge is 0.325 e. The van der Waals surface area contributed by atoms with E-state index in [2.05, 4.69) is 0 Å². The number of ether oxygens (including phenoxy) is 1. The highest BCUT2D eigenvalue weighted by molar-refractivity contribution is 6.00. The van der Waals surface area contributed by atoms with Gasteiger partial charge in [0.1, 0.15) is 12.1 Å². The molecule has 2 rings (SSSR count). The number of aldehydes is 1. The first kappa shape index (κ1) is 13.1. The Morgan fingerprint density at radius 3 is 2.84 bits per heavy atom. The summed E-state index contributed by atoms with van der Waals surface area (Å²) in [5.41, 5.74) is 1.23. The molecular weight excluding hydrogens is 246 g/mol. The number of carbonyl (C=O) groups is 2. The lowest BCUT2D eigenvalue weighted by Crippen LogP contribution is -2.27. The number of nitrogens with zero attached hydrogens (tertiary/aromatic N) is 1. The maximum atomic E-state index is 11.5. The molecule has 0 radical (unpaired) electrons. The molecule has 0 N–H and O–H groups in total. The number of anilines is 1. The van der Waals surface area contributed by atoms with Crippen molar-refractivity contribution in [3.63, 3.8) is 0 Å². The van der Waals surface area contributed by atoms with E-state index in [0.717, 1.165) is 5.39 Å². The third kappa shape index (κ3) is 2.59. The van der Waals surface area contributed by atoms with Crippen LogP contribution in [0.1, 0.15) is 17.5 Å². The van der Waals surface area contributed by atoms with E-state index in [0.29, 0.717) is 24.2 Å². The fourth-order valence-corrected chi connectivity index (χ4v) is 2.00. The normalized spacial score (nSPS) is 10.4. The van der Waals surface area contributed by atoms with Crippen LogP contribution in [0.15, 0.2) is 28.7 Å². The monoisotopic (exact) mass is 261 g/mol. The molecule has 0 unspecified atom stereocenters. The predicted octanol–water partition coefficient (Wildman–Crippen LogP) is 2.24. The molecule has 0 aliphatic rings. The lowest BCUT2D eigenvalue weighted by Gasteiger charge is -2.17.